The molecule has 6 heteroatoms. The number of nitrogens with one attached hydrogen (secondary N) is 1. The third-order valence-electron chi connectivity index (χ3n) is 5.10. The van der Waals surface area contributed by atoms with E-state index in [9.17, 15) is 4.79 Å². The molecular weight excluding hydrogens is 280 g/mol. The van der Waals surface area contributed by atoms with Gasteiger partial charge in [0.2, 0.25) is 5.91 Å². The van der Waals surface area contributed by atoms with Gasteiger partial charge >= 0.3 is 0 Å². The minimum absolute atomic E-state index is 0.0312. The van der Waals surface area contributed by atoms with Crippen molar-refractivity contribution in [2.75, 3.05) is 6.61 Å². The first-order valence-corrected chi connectivity index (χ1v) is 7.85. The van der Waals surface area contributed by atoms with Crippen LogP contribution in [0.2, 0.25) is 0 Å². The fourth-order valence-electron chi connectivity index (χ4n) is 3.27. The van der Waals surface area contributed by atoms with E-state index < -0.39 is 5.54 Å². The van der Waals surface area contributed by atoms with Crippen LogP contribution in [0.5, 0.6) is 0 Å². The zero-order valence-corrected chi connectivity index (χ0v) is 14.4. The van der Waals surface area contributed by atoms with E-state index in [-0.39, 0.29) is 23.5 Å². The van der Waals surface area contributed by atoms with Crippen molar-refractivity contribution in [2.24, 2.45) is 18.2 Å². The standard InChI is InChI=1S/C16H28N4O2/c1-7-22-13-8-16(17,15(13,4)5)14(21)18-10(2)12-9-20(6)19-11(12)3/h9-10,13H,7-8,17H2,1-6H3,(H,18,21). The van der Waals surface area contributed by atoms with Crippen LogP contribution in [0.1, 0.15) is 51.4 Å². The van der Waals surface area contributed by atoms with E-state index >= 15 is 0 Å². The van der Waals surface area contributed by atoms with Crippen molar-refractivity contribution in [2.45, 2.75) is 58.7 Å². The van der Waals surface area contributed by atoms with Crippen molar-refractivity contribution in [1.29, 1.82) is 0 Å². The number of hydrogen-bond donors (Lipinski definition) is 2. The van der Waals surface area contributed by atoms with Crippen LogP contribution in [0.15, 0.2) is 6.20 Å². The fraction of sp³-hybridized carbons (Fsp3) is 0.750. The van der Waals surface area contributed by atoms with E-state index in [0.29, 0.717) is 13.0 Å². The molecule has 0 bridgehead atoms. The Morgan fingerprint density at radius 2 is 2.27 bits per heavy atom. The van der Waals surface area contributed by atoms with E-state index in [0.717, 1.165) is 11.3 Å². The van der Waals surface area contributed by atoms with Crippen molar-refractivity contribution in [1.82, 2.24) is 15.1 Å². The average molecular weight is 308 g/mol. The molecule has 1 saturated carbocycles. The number of rotatable bonds is 5. The molecule has 3 atom stereocenters. The van der Waals surface area contributed by atoms with Crippen molar-refractivity contribution in [3.63, 3.8) is 0 Å². The Kier molecular flexibility index (Phi) is 4.37. The van der Waals surface area contributed by atoms with Gasteiger partial charge in [0, 0.05) is 37.3 Å². The first-order chi connectivity index (χ1) is 10.1. The van der Waals surface area contributed by atoms with E-state index in [2.05, 4.69) is 10.4 Å². The zero-order chi connectivity index (χ0) is 16.7. The molecule has 3 unspecified atom stereocenters. The Labute approximate surface area is 132 Å². The van der Waals surface area contributed by atoms with Crippen molar-refractivity contribution in [3.05, 3.63) is 17.5 Å². The lowest BCUT2D eigenvalue weighted by atomic mass is 9.54. The molecule has 0 spiro atoms. The number of amides is 1. The molecule has 0 aromatic carbocycles. The first-order valence-electron chi connectivity index (χ1n) is 7.85. The summed E-state index contributed by atoms with van der Waals surface area (Å²) in [5.74, 6) is -0.121. The number of nitrogens with zero attached hydrogens (tertiary/aromatic N) is 2. The molecule has 1 aromatic rings. The van der Waals surface area contributed by atoms with Crippen LogP contribution in [0.4, 0.5) is 0 Å². The second-order valence-electron chi connectivity index (χ2n) is 6.88. The third-order valence-corrected chi connectivity index (χ3v) is 5.10. The van der Waals surface area contributed by atoms with Gasteiger partial charge in [-0.3, -0.25) is 9.48 Å². The Morgan fingerprint density at radius 1 is 1.64 bits per heavy atom. The summed E-state index contributed by atoms with van der Waals surface area (Å²) in [6.45, 7) is 10.5. The fourth-order valence-corrected chi connectivity index (χ4v) is 3.27. The van der Waals surface area contributed by atoms with Gasteiger partial charge in [-0.15, -0.1) is 0 Å². The minimum atomic E-state index is -0.892. The van der Waals surface area contributed by atoms with Crippen LogP contribution >= 0.6 is 0 Å². The smallest absolute Gasteiger partial charge is 0.241 e. The van der Waals surface area contributed by atoms with Crippen molar-refractivity contribution in [3.8, 4) is 0 Å². The highest BCUT2D eigenvalue weighted by molar-refractivity contribution is 5.89. The van der Waals surface area contributed by atoms with Crippen LogP contribution in [0, 0.1) is 12.3 Å². The number of hydrogen-bond acceptors (Lipinski definition) is 4. The number of nitrogens with two attached hydrogens (primary N) is 1. The van der Waals surface area contributed by atoms with Gasteiger partial charge in [0.25, 0.3) is 0 Å². The molecule has 0 saturated heterocycles. The molecule has 2 rings (SSSR count). The van der Waals surface area contributed by atoms with Crippen LogP contribution in [-0.2, 0) is 16.6 Å². The lowest BCUT2D eigenvalue weighted by Crippen LogP contribution is -2.75. The summed E-state index contributed by atoms with van der Waals surface area (Å²) in [5.41, 5.74) is 7.06. The first kappa shape index (κ1) is 17.0. The quantitative estimate of drug-likeness (QED) is 0.862. The monoisotopic (exact) mass is 308 g/mol. The van der Waals surface area contributed by atoms with Gasteiger partial charge in [0.15, 0.2) is 0 Å². The van der Waals surface area contributed by atoms with Gasteiger partial charge in [-0.1, -0.05) is 13.8 Å². The summed E-state index contributed by atoms with van der Waals surface area (Å²) in [6, 6.07) is -0.122. The Hall–Kier alpha value is -1.40. The summed E-state index contributed by atoms with van der Waals surface area (Å²) in [4.78, 5) is 12.7. The Morgan fingerprint density at radius 3 is 2.73 bits per heavy atom. The van der Waals surface area contributed by atoms with Gasteiger partial charge in [-0.25, -0.2) is 0 Å². The van der Waals surface area contributed by atoms with E-state index in [1.165, 1.54) is 0 Å². The highest BCUT2D eigenvalue weighted by atomic mass is 16.5. The molecule has 1 aromatic heterocycles. The van der Waals surface area contributed by atoms with Gasteiger partial charge < -0.3 is 15.8 Å². The summed E-state index contributed by atoms with van der Waals surface area (Å²) in [6.07, 6.45) is 2.51. The number of carbonyl (C=O) groups excluding carboxylic acids is 1. The van der Waals surface area contributed by atoms with Gasteiger partial charge in [-0.05, 0) is 20.8 Å². The predicted octanol–water partition coefficient (Wildman–Crippen LogP) is 1.44. The normalized spacial score (nSPS) is 28.0. The van der Waals surface area contributed by atoms with Gasteiger partial charge in [0.1, 0.15) is 5.54 Å². The molecule has 1 aliphatic rings. The molecule has 1 heterocycles. The maximum absolute atomic E-state index is 12.7. The molecule has 0 radical (unpaired) electrons. The predicted molar refractivity (Wildman–Crippen MR) is 85.2 cm³/mol. The Balaban J connectivity index is 2.08. The SMILES string of the molecule is CCOC1CC(N)(C(=O)NC(C)c2cn(C)nc2C)C1(C)C. The summed E-state index contributed by atoms with van der Waals surface area (Å²) in [5, 5.41) is 7.35. The number of aromatic nitrogens is 2. The number of carbonyl (C=O) groups is 1. The maximum Gasteiger partial charge on any atom is 0.241 e. The van der Waals surface area contributed by atoms with Crippen LogP contribution < -0.4 is 11.1 Å². The molecule has 1 amide bonds. The molecular formula is C16H28N4O2. The van der Waals surface area contributed by atoms with E-state index in [1.807, 2.05) is 47.9 Å². The van der Waals surface area contributed by atoms with Crippen LogP contribution in [-0.4, -0.2) is 33.9 Å². The largest absolute Gasteiger partial charge is 0.378 e. The summed E-state index contributed by atoms with van der Waals surface area (Å²) in [7, 11) is 1.87. The molecule has 124 valence electrons. The molecule has 22 heavy (non-hydrogen) atoms. The molecule has 0 aliphatic heterocycles. The molecule has 3 N–H and O–H groups in total. The lowest BCUT2D eigenvalue weighted by Gasteiger charge is -2.57. The summed E-state index contributed by atoms with van der Waals surface area (Å²) < 4.78 is 7.43. The Bertz CT molecular complexity index is 566. The average Bonchev–Trinajstić information content (AvgIpc) is 2.77. The van der Waals surface area contributed by atoms with E-state index in [1.54, 1.807) is 4.68 Å². The number of aryl methyl sites for hydroxylation is 2. The highest BCUT2D eigenvalue weighted by Crippen LogP contribution is 2.50. The van der Waals surface area contributed by atoms with Crippen LogP contribution in [0.3, 0.4) is 0 Å². The van der Waals surface area contributed by atoms with Crippen molar-refractivity contribution >= 4 is 5.91 Å². The molecule has 6 nitrogen and oxygen atoms in total. The minimum Gasteiger partial charge on any atom is -0.378 e. The second-order valence-corrected chi connectivity index (χ2v) is 6.88. The van der Waals surface area contributed by atoms with Crippen LogP contribution in [0.25, 0.3) is 0 Å². The summed E-state index contributed by atoms with van der Waals surface area (Å²) >= 11 is 0. The number of ether oxygens (including phenoxy) is 1. The topological polar surface area (TPSA) is 82.2 Å². The van der Waals surface area contributed by atoms with Crippen molar-refractivity contribution < 1.29 is 9.53 Å². The highest BCUT2D eigenvalue weighted by Gasteiger charge is 2.62. The van der Waals surface area contributed by atoms with Gasteiger partial charge in [-0.2, -0.15) is 5.10 Å². The lowest BCUT2D eigenvalue weighted by molar-refractivity contribution is -0.171. The second kappa shape index (κ2) is 5.66. The van der Waals surface area contributed by atoms with Gasteiger partial charge in [0.05, 0.1) is 17.8 Å². The molecule has 1 aliphatic carbocycles. The molecule has 1 fully saturated rings. The maximum atomic E-state index is 12.7. The van der Waals surface area contributed by atoms with E-state index in [4.69, 9.17) is 10.5 Å². The third kappa shape index (κ3) is 2.54. The zero-order valence-electron chi connectivity index (χ0n) is 14.4.